The van der Waals surface area contributed by atoms with E-state index in [0.717, 1.165) is 22.5 Å². The first kappa shape index (κ1) is 17.4. The van der Waals surface area contributed by atoms with Crippen molar-refractivity contribution in [3.8, 4) is 33.6 Å². The molecule has 0 aliphatic heterocycles. The molecule has 0 bridgehead atoms. The number of rotatable bonds is 3. The second-order valence-electron chi connectivity index (χ2n) is 7.42. The predicted octanol–water partition coefficient (Wildman–Crippen LogP) is 7.54. The van der Waals surface area contributed by atoms with Gasteiger partial charge in [-0.3, -0.25) is 0 Å². The van der Waals surface area contributed by atoms with Gasteiger partial charge in [0.2, 0.25) is 0 Å². The van der Waals surface area contributed by atoms with Crippen LogP contribution < -0.4 is 0 Å². The Balaban J connectivity index is 1.71. The van der Waals surface area contributed by atoms with Crippen molar-refractivity contribution in [1.29, 1.82) is 0 Å². The molecule has 0 saturated carbocycles. The van der Waals surface area contributed by atoms with Crippen molar-refractivity contribution in [2.45, 2.75) is 6.92 Å². The Hall–Kier alpha value is -3.71. The minimum atomic E-state index is 0.992. The third-order valence-corrected chi connectivity index (χ3v) is 5.33. The van der Waals surface area contributed by atoms with Gasteiger partial charge in [-0.25, -0.2) is 4.98 Å². The fourth-order valence-corrected chi connectivity index (χ4v) is 3.70. The highest BCUT2D eigenvalue weighted by atomic mass is 14.7. The van der Waals surface area contributed by atoms with Crippen LogP contribution >= 0.6 is 0 Å². The first-order chi connectivity index (χ1) is 14.3. The van der Waals surface area contributed by atoms with Crippen LogP contribution in [0.15, 0.2) is 109 Å². The molecule has 29 heavy (non-hydrogen) atoms. The molecule has 0 unspecified atom stereocenters. The van der Waals surface area contributed by atoms with Gasteiger partial charge < -0.3 is 0 Å². The van der Waals surface area contributed by atoms with E-state index in [0.29, 0.717) is 0 Å². The molecule has 4 aromatic carbocycles. The summed E-state index contributed by atoms with van der Waals surface area (Å²) in [4.78, 5) is 5.02. The molecular weight excluding hydrogens is 350 g/mol. The van der Waals surface area contributed by atoms with Crippen LogP contribution in [0.1, 0.15) is 5.56 Å². The molecule has 0 fully saturated rings. The lowest BCUT2D eigenvalue weighted by Crippen LogP contribution is -1.91. The zero-order chi connectivity index (χ0) is 19.6. The number of pyridine rings is 1. The molecule has 1 nitrogen and oxygen atoms in total. The molecule has 1 aromatic heterocycles. The van der Waals surface area contributed by atoms with Crippen LogP contribution in [0.2, 0.25) is 0 Å². The lowest BCUT2D eigenvalue weighted by molar-refractivity contribution is 1.32. The minimum Gasteiger partial charge on any atom is -0.248 e. The van der Waals surface area contributed by atoms with Gasteiger partial charge in [0.25, 0.3) is 0 Å². The van der Waals surface area contributed by atoms with Gasteiger partial charge in [-0.05, 0) is 47.0 Å². The van der Waals surface area contributed by atoms with Gasteiger partial charge in [0.1, 0.15) is 0 Å². The molecule has 0 radical (unpaired) electrons. The number of aromatic nitrogens is 1. The van der Waals surface area contributed by atoms with E-state index in [4.69, 9.17) is 4.98 Å². The van der Waals surface area contributed by atoms with Crippen molar-refractivity contribution < 1.29 is 0 Å². The van der Waals surface area contributed by atoms with Gasteiger partial charge in [0.15, 0.2) is 0 Å². The molecular formula is C28H21N. The van der Waals surface area contributed by atoms with Crippen molar-refractivity contribution in [3.63, 3.8) is 0 Å². The summed E-state index contributed by atoms with van der Waals surface area (Å²) in [5.41, 5.74) is 7.90. The van der Waals surface area contributed by atoms with E-state index in [1.165, 1.54) is 27.5 Å². The zero-order valence-corrected chi connectivity index (χ0v) is 16.3. The topological polar surface area (TPSA) is 12.9 Å². The number of hydrogen-bond donors (Lipinski definition) is 0. The van der Waals surface area contributed by atoms with Crippen LogP contribution in [0.3, 0.4) is 0 Å². The molecule has 0 aliphatic carbocycles. The number of fused-ring (bicyclic) bond motifs is 1. The summed E-state index contributed by atoms with van der Waals surface area (Å²) < 4.78 is 0. The van der Waals surface area contributed by atoms with Crippen LogP contribution in [-0.2, 0) is 0 Å². The normalized spacial score (nSPS) is 10.9. The number of benzene rings is 4. The molecule has 0 amide bonds. The van der Waals surface area contributed by atoms with Crippen molar-refractivity contribution in [1.82, 2.24) is 4.98 Å². The summed E-state index contributed by atoms with van der Waals surface area (Å²) in [5.74, 6) is 0. The Kier molecular flexibility index (Phi) is 4.42. The Morgan fingerprint density at radius 3 is 1.83 bits per heavy atom. The third kappa shape index (κ3) is 3.55. The molecule has 5 aromatic rings. The first-order valence-electron chi connectivity index (χ1n) is 9.90. The molecule has 138 valence electrons. The predicted molar refractivity (Wildman–Crippen MR) is 123 cm³/mol. The summed E-state index contributed by atoms with van der Waals surface area (Å²) >= 11 is 0. The number of aryl methyl sites for hydroxylation is 1. The molecule has 0 saturated heterocycles. The van der Waals surface area contributed by atoms with Gasteiger partial charge in [0.05, 0.1) is 11.4 Å². The van der Waals surface area contributed by atoms with Gasteiger partial charge >= 0.3 is 0 Å². The summed E-state index contributed by atoms with van der Waals surface area (Å²) in [6.07, 6.45) is 0. The average Bonchev–Trinajstić information content (AvgIpc) is 2.79. The van der Waals surface area contributed by atoms with E-state index in [-0.39, 0.29) is 0 Å². The number of hydrogen-bond acceptors (Lipinski definition) is 1. The third-order valence-electron chi connectivity index (χ3n) is 5.33. The highest BCUT2D eigenvalue weighted by Crippen LogP contribution is 2.31. The maximum Gasteiger partial charge on any atom is 0.0715 e. The molecule has 0 N–H and O–H groups in total. The van der Waals surface area contributed by atoms with Gasteiger partial charge in [-0.15, -0.1) is 0 Å². The fraction of sp³-hybridized carbons (Fsp3) is 0.0357. The number of nitrogens with zero attached hydrogens (tertiary/aromatic N) is 1. The molecule has 5 rings (SSSR count). The standard InChI is InChI=1S/C28H21N/c1-20-11-13-22(14-12-20)26-18-27(23-8-3-2-4-9-23)29-28(19-26)25-16-15-21-7-5-6-10-24(21)17-25/h2-19H,1H3. The Morgan fingerprint density at radius 1 is 0.448 bits per heavy atom. The quantitative estimate of drug-likeness (QED) is 0.319. The summed E-state index contributed by atoms with van der Waals surface area (Å²) in [6.45, 7) is 2.12. The van der Waals surface area contributed by atoms with Gasteiger partial charge in [-0.2, -0.15) is 0 Å². The van der Waals surface area contributed by atoms with E-state index in [2.05, 4.69) is 110 Å². The highest BCUT2D eigenvalue weighted by Gasteiger charge is 2.09. The maximum atomic E-state index is 5.02. The monoisotopic (exact) mass is 371 g/mol. The molecule has 1 heteroatoms. The van der Waals surface area contributed by atoms with Crippen molar-refractivity contribution in [2.75, 3.05) is 0 Å². The zero-order valence-electron chi connectivity index (χ0n) is 16.3. The Bertz CT molecular complexity index is 1290. The second kappa shape index (κ2) is 7.37. The van der Waals surface area contributed by atoms with Gasteiger partial charge in [0, 0.05) is 11.1 Å². The molecule has 0 atom stereocenters. The van der Waals surface area contributed by atoms with E-state index in [1.807, 2.05) is 6.07 Å². The Labute approximate surface area is 171 Å². The van der Waals surface area contributed by atoms with Crippen LogP contribution in [0, 0.1) is 6.92 Å². The summed E-state index contributed by atoms with van der Waals surface area (Å²) in [7, 11) is 0. The van der Waals surface area contributed by atoms with E-state index < -0.39 is 0 Å². The summed E-state index contributed by atoms with van der Waals surface area (Å²) in [6, 6.07) is 38.5. The van der Waals surface area contributed by atoms with E-state index >= 15 is 0 Å². The van der Waals surface area contributed by atoms with E-state index in [9.17, 15) is 0 Å². The van der Waals surface area contributed by atoms with Crippen LogP contribution in [0.4, 0.5) is 0 Å². The average molecular weight is 371 g/mol. The van der Waals surface area contributed by atoms with Gasteiger partial charge in [-0.1, -0.05) is 96.6 Å². The van der Waals surface area contributed by atoms with Crippen LogP contribution in [0.25, 0.3) is 44.4 Å². The van der Waals surface area contributed by atoms with E-state index in [1.54, 1.807) is 0 Å². The highest BCUT2D eigenvalue weighted by molar-refractivity contribution is 5.87. The first-order valence-corrected chi connectivity index (χ1v) is 9.90. The lowest BCUT2D eigenvalue weighted by Gasteiger charge is -2.11. The second-order valence-corrected chi connectivity index (χ2v) is 7.42. The van der Waals surface area contributed by atoms with Crippen molar-refractivity contribution in [3.05, 3.63) is 115 Å². The Morgan fingerprint density at radius 2 is 1.07 bits per heavy atom. The minimum absolute atomic E-state index is 0.992. The SMILES string of the molecule is Cc1ccc(-c2cc(-c3ccccc3)nc(-c3ccc4ccccc4c3)c2)cc1. The largest absolute Gasteiger partial charge is 0.248 e. The molecule has 0 aliphatic rings. The summed E-state index contributed by atoms with van der Waals surface area (Å²) in [5, 5.41) is 2.48. The van der Waals surface area contributed by atoms with Crippen LogP contribution in [0.5, 0.6) is 0 Å². The van der Waals surface area contributed by atoms with Crippen LogP contribution in [-0.4, -0.2) is 4.98 Å². The smallest absolute Gasteiger partial charge is 0.0715 e. The lowest BCUT2D eigenvalue weighted by atomic mass is 9.98. The fourth-order valence-electron chi connectivity index (χ4n) is 3.70. The maximum absolute atomic E-state index is 5.02. The van der Waals surface area contributed by atoms with Crippen molar-refractivity contribution in [2.24, 2.45) is 0 Å². The van der Waals surface area contributed by atoms with Crippen molar-refractivity contribution >= 4 is 10.8 Å². The molecule has 0 spiro atoms. The molecule has 1 heterocycles.